The van der Waals surface area contributed by atoms with Crippen molar-refractivity contribution in [2.75, 3.05) is 0 Å². The molecule has 2 rings (SSSR count). The van der Waals surface area contributed by atoms with Gasteiger partial charge in [-0.05, 0) is 49.8 Å². The van der Waals surface area contributed by atoms with Gasteiger partial charge in [-0.2, -0.15) is 0 Å². The van der Waals surface area contributed by atoms with Crippen molar-refractivity contribution in [1.29, 1.82) is 0 Å². The molecule has 0 saturated heterocycles. The number of benzene rings is 1. The van der Waals surface area contributed by atoms with Crippen molar-refractivity contribution in [1.82, 2.24) is 5.32 Å². The van der Waals surface area contributed by atoms with E-state index in [1.54, 1.807) is 0 Å². The standard InChI is InChI=1S/C14H20BrN/c1-10-7-14(8-10)16-11(2)9-12-3-5-13(15)6-4-12/h3-6,10-11,14,16H,7-9H2,1-2H3. The molecule has 1 nitrogen and oxygen atoms in total. The molecule has 0 radical (unpaired) electrons. The summed E-state index contributed by atoms with van der Waals surface area (Å²) in [4.78, 5) is 0. The average Bonchev–Trinajstić information content (AvgIpc) is 2.19. The molecule has 1 fully saturated rings. The van der Waals surface area contributed by atoms with E-state index < -0.39 is 0 Å². The number of rotatable bonds is 4. The van der Waals surface area contributed by atoms with Crippen molar-refractivity contribution < 1.29 is 0 Å². The summed E-state index contributed by atoms with van der Waals surface area (Å²) in [6.45, 7) is 4.61. The zero-order chi connectivity index (χ0) is 11.5. The maximum atomic E-state index is 3.70. The molecule has 0 spiro atoms. The first kappa shape index (κ1) is 12.1. The Hall–Kier alpha value is -0.340. The van der Waals surface area contributed by atoms with Crippen LogP contribution in [0.2, 0.25) is 0 Å². The zero-order valence-corrected chi connectivity index (χ0v) is 11.6. The Bertz CT molecular complexity index is 327. The Morgan fingerprint density at radius 1 is 1.31 bits per heavy atom. The Morgan fingerprint density at radius 2 is 1.94 bits per heavy atom. The van der Waals surface area contributed by atoms with Gasteiger partial charge in [0.25, 0.3) is 0 Å². The summed E-state index contributed by atoms with van der Waals surface area (Å²) >= 11 is 3.46. The molecule has 0 aromatic heterocycles. The second-order valence-electron chi connectivity index (χ2n) is 5.17. The quantitative estimate of drug-likeness (QED) is 0.886. The molecule has 1 saturated carbocycles. The molecule has 16 heavy (non-hydrogen) atoms. The van der Waals surface area contributed by atoms with Gasteiger partial charge in [-0.15, -0.1) is 0 Å². The second kappa shape index (κ2) is 5.33. The fraction of sp³-hybridized carbons (Fsp3) is 0.571. The molecule has 88 valence electrons. The third kappa shape index (κ3) is 3.33. The summed E-state index contributed by atoms with van der Waals surface area (Å²) in [6.07, 6.45) is 3.83. The van der Waals surface area contributed by atoms with E-state index in [4.69, 9.17) is 0 Å². The van der Waals surface area contributed by atoms with Crippen LogP contribution in [0.1, 0.15) is 32.3 Å². The molecule has 0 heterocycles. The van der Waals surface area contributed by atoms with Crippen molar-refractivity contribution in [2.24, 2.45) is 5.92 Å². The minimum atomic E-state index is 0.582. The fourth-order valence-corrected chi connectivity index (χ4v) is 2.74. The first-order chi connectivity index (χ1) is 7.63. The highest BCUT2D eigenvalue weighted by atomic mass is 79.9. The first-order valence-electron chi connectivity index (χ1n) is 6.14. The topological polar surface area (TPSA) is 12.0 Å². The first-order valence-corrected chi connectivity index (χ1v) is 6.93. The lowest BCUT2D eigenvalue weighted by Crippen LogP contribution is -2.45. The molecule has 0 aliphatic heterocycles. The Balaban J connectivity index is 1.78. The third-order valence-corrected chi connectivity index (χ3v) is 3.88. The molecule has 1 N–H and O–H groups in total. The third-order valence-electron chi connectivity index (χ3n) is 3.35. The van der Waals surface area contributed by atoms with Gasteiger partial charge in [-0.3, -0.25) is 0 Å². The predicted octanol–water partition coefficient (Wildman–Crippen LogP) is 3.77. The molecule has 0 amide bonds. The highest BCUT2D eigenvalue weighted by Gasteiger charge is 2.25. The molecular weight excluding hydrogens is 262 g/mol. The van der Waals surface area contributed by atoms with Gasteiger partial charge in [0, 0.05) is 16.6 Å². The van der Waals surface area contributed by atoms with E-state index in [0.29, 0.717) is 6.04 Å². The molecule has 1 aliphatic carbocycles. The highest BCUT2D eigenvalue weighted by molar-refractivity contribution is 9.10. The van der Waals surface area contributed by atoms with Crippen molar-refractivity contribution in [3.8, 4) is 0 Å². The average molecular weight is 282 g/mol. The maximum absolute atomic E-state index is 3.70. The number of hydrogen-bond acceptors (Lipinski definition) is 1. The molecule has 1 aliphatic rings. The Morgan fingerprint density at radius 3 is 2.50 bits per heavy atom. The number of hydrogen-bond donors (Lipinski definition) is 1. The van der Waals surface area contributed by atoms with Crippen LogP contribution in [0.25, 0.3) is 0 Å². The van der Waals surface area contributed by atoms with Gasteiger partial charge in [0.15, 0.2) is 0 Å². The smallest absolute Gasteiger partial charge is 0.0175 e. The van der Waals surface area contributed by atoms with Crippen molar-refractivity contribution in [3.05, 3.63) is 34.3 Å². The monoisotopic (exact) mass is 281 g/mol. The molecule has 0 bridgehead atoms. The predicted molar refractivity (Wildman–Crippen MR) is 72.6 cm³/mol. The van der Waals surface area contributed by atoms with Gasteiger partial charge in [0.1, 0.15) is 0 Å². The summed E-state index contributed by atoms with van der Waals surface area (Å²) in [7, 11) is 0. The SMILES string of the molecule is CC1CC(NC(C)Cc2ccc(Br)cc2)C1. The van der Waals surface area contributed by atoms with Crippen molar-refractivity contribution in [3.63, 3.8) is 0 Å². The summed E-state index contributed by atoms with van der Waals surface area (Å²) in [5.74, 6) is 0.928. The van der Waals surface area contributed by atoms with E-state index >= 15 is 0 Å². The van der Waals surface area contributed by atoms with Gasteiger partial charge in [-0.1, -0.05) is 35.0 Å². The van der Waals surface area contributed by atoms with Crippen molar-refractivity contribution in [2.45, 2.75) is 45.2 Å². The van der Waals surface area contributed by atoms with E-state index in [1.807, 2.05) is 0 Å². The normalized spacial score (nSPS) is 26.2. The van der Waals surface area contributed by atoms with Crippen LogP contribution in [0.5, 0.6) is 0 Å². The van der Waals surface area contributed by atoms with E-state index in [2.05, 4.69) is 59.4 Å². The largest absolute Gasteiger partial charge is 0.311 e. The van der Waals surface area contributed by atoms with Crippen LogP contribution in [-0.4, -0.2) is 12.1 Å². The lowest BCUT2D eigenvalue weighted by Gasteiger charge is -2.35. The molecule has 2 heteroatoms. The van der Waals surface area contributed by atoms with Gasteiger partial charge in [0.2, 0.25) is 0 Å². The van der Waals surface area contributed by atoms with Crippen LogP contribution >= 0.6 is 15.9 Å². The molecular formula is C14H20BrN. The van der Waals surface area contributed by atoms with Gasteiger partial charge >= 0.3 is 0 Å². The van der Waals surface area contributed by atoms with Crippen LogP contribution in [0.4, 0.5) is 0 Å². The molecule has 1 unspecified atom stereocenters. The van der Waals surface area contributed by atoms with E-state index in [-0.39, 0.29) is 0 Å². The second-order valence-corrected chi connectivity index (χ2v) is 6.09. The molecule has 1 aromatic carbocycles. The Labute approximate surface area is 107 Å². The summed E-state index contributed by atoms with van der Waals surface area (Å²) in [5.41, 5.74) is 1.41. The lowest BCUT2D eigenvalue weighted by atomic mass is 9.81. The van der Waals surface area contributed by atoms with Crippen LogP contribution in [-0.2, 0) is 6.42 Å². The van der Waals surface area contributed by atoms with E-state index in [9.17, 15) is 0 Å². The summed E-state index contributed by atoms with van der Waals surface area (Å²) in [6, 6.07) is 9.98. The lowest BCUT2D eigenvalue weighted by molar-refractivity contribution is 0.225. The molecule has 1 atom stereocenters. The van der Waals surface area contributed by atoms with Crippen molar-refractivity contribution >= 4 is 15.9 Å². The van der Waals surface area contributed by atoms with Gasteiger partial charge < -0.3 is 5.32 Å². The summed E-state index contributed by atoms with van der Waals surface area (Å²) < 4.78 is 1.16. The number of nitrogens with one attached hydrogen (secondary N) is 1. The van der Waals surface area contributed by atoms with Crippen LogP contribution in [0.3, 0.4) is 0 Å². The van der Waals surface area contributed by atoms with Crippen LogP contribution < -0.4 is 5.32 Å². The zero-order valence-electron chi connectivity index (χ0n) is 10.0. The Kier molecular flexibility index (Phi) is 4.04. The molecule has 1 aromatic rings. The number of halogens is 1. The van der Waals surface area contributed by atoms with Gasteiger partial charge in [0.05, 0.1) is 0 Å². The van der Waals surface area contributed by atoms with E-state index in [1.165, 1.54) is 18.4 Å². The highest BCUT2D eigenvalue weighted by Crippen LogP contribution is 2.26. The summed E-state index contributed by atoms with van der Waals surface area (Å²) in [5, 5.41) is 3.70. The van der Waals surface area contributed by atoms with E-state index in [0.717, 1.165) is 22.9 Å². The van der Waals surface area contributed by atoms with Crippen LogP contribution in [0.15, 0.2) is 28.7 Å². The van der Waals surface area contributed by atoms with Crippen LogP contribution in [0, 0.1) is 5.92 Å². The maximum Gasteiger partial charge on any atom is 0.0175 e. The fourth-order valence-electron chi connectivity index (χ4n) is 2.47. The minimum Gasteiger partial charge on any atom is -0.311 e. The minimum absolute atomic E-state index is 0.582. The van der Waals surface area contributed by atoms with Gasteiger partial charge in [-0.25, -0.2) is 0 Å².